The van der Waals surface area contributed by atoms with Crippen LogP contribution in [0.25, 0.3) is 11.6 Å². The van der Waals surface area contributed by atoms with Crippen molar-refractivity contribution in [2.24, 2.45) is 0 Å². The number of hydrogen-bond acceptors (Lipinski definition) is 2. The zero-order chi connectivity index (χ0) is 13.2. The number of allylic oxidation sites excluding steroid dienone is 1. The van der Waals surface area contributed by atoms with E-state index in [4.69, 9.17) is 0 Å². The standard InChI is InChI=1S/C15H16N3.Tl/c1-2-17-13-6-5-11-3-4-12(15(11)8-13)7-14-9-16-10-18-14;/h5-10,17H,2-4H2,1H3;/q-1;+1/b12-7+;. The molecule has 0 spiro atoms. The van der Waals surface area contributed by atoms with Crippen molar-refractivity contribution in [2.75, 3.05) is 11.9 Å². The van der Waals surface area contributed by atoms with Crippen molar-refractivity contribution in [1.29, 1.82) is 0 Å². The van der Waals surface area contributed by atoms with Crippen molar-refractivity contribution in [3.05, 3.63) is 47.5 Å². The number of nitrogens with one attached hydrogen (secondary N) is 1. The van der Waals surface area contributed by atoms with Gasteiger partial charge in [0.1, 0.15) is 0 Å². The van der Waals surface area contributed by atoms with Gasteiger partial charge in [-0.15, -0.1) is 0 Å². The molecule has 2 aromatic rings. The molecule has 1 heterocycles. The molecular formula is C15H16N3Tl. The summed E-state index contributed by atoms with van der Waals surface area (Å²) in [5.74, 6) is 0. The van der Waals surface area contributed by atoms with E-state index in [9.17, 15) is 0 Å². The molecule has 0 saturated carbocycles. The summed E-state index contributed by atoms with van der Waals surface area (Å²) in [5, 5.41) is 3.39. The fraction of sp³-hybridized carbons (Fsp3) is 0.267. The van der Waals surface area contributed by atoms with Gasteiger partial charge in [-0.05, 0) is 0 Å². The van der Waals surface area contributed by atoms with E-state index in [1.807, 2.05) is 6.33 Å². The summed E-state index contributed by atoms with van der Waals surface area (Å²) in [7, 11) is 0. The minimum absolute atomic E-state index is 0.792. The van der Waals surface area contributed by atoms with Gasteiger partial charge in [0.2, 0.25) is 0 Å². The summed E-state index contributed by atoms with van der Waals surface area (Å²) in [6.07, 6.45) is 8.56. The molecule has 1 aromatic carbocycles. The van der Waals surface area contributed by atoms with Gasteiger partial charge in [0.05, 0.1) is 0 Å². The number of aryl methyl sites for hydroxylation is 1. The summed E-state index contributed by atoms with van der Waals surface area (Å²) in [6, 6.07) is 6.71. The SMILES string of the molecule is CCNc1ccc2c(c1)/C(=C/c1c[n]([Tl])cn1)CC2. The Hall–Kier alpha value is -1.11. The van der Waals surface area contributed by atoms with Crippen LogP contribution in [0.4, 0.5) is 5.69 Å². The van der Waals surface area contributed by atoms with Gasteiger partial charge in [0.15, 0.2) is 0 Å². The Balaban J connectivity index is 1.96. The second-order valence-corrected chi connectivity index (χ2v) is 7.14. The van der Waals surface area contributed by atoms with E-state index < -0.39 is 0 Å². The van der Waals surface area contributed by atoms with E-state index in [-0.39, 0.29) is 0 Å². The molecule has 1 aromatic heterocycles. The topological polar surface area (TPSA) is 29.9 Å². The third-order valence-electron chi connectivity index (χ3n) is 3.44. The number of imidazole rings is 1. The van der Waals surface area contributed by atoms with Gasteiger partial charge in [-0.2, -0.15) is 0 Å². The van der Waals surface area contributed by atoms with Crippen LogP contribution >= 0.6 is 0 Å². The molecule has 1 aliphatic carbocycles. The molecule has 0 fully saturated rings. The molecule has 0 atom stereocenters. The van der Waals surface area contributed by atoms with Gasteiger partial charge in [0, 0.05) is 0 Å². The van der Waals surface area contributed by atoms with E-state index in [2.05, 4.69) is 50.1 Å². The van der Waals surface area contributed by atoms with Crippen LogP contribution in [0.1, 0.15) is 30.2 Å². The van der Waals surface area contributed by atoms with Gasteiger partial charge < -0.3 is 0 Å². The molecule has 0 aliphatic heterocycles. The third-order valence-corrected chi connectivity index (χ3v) is 4.54. The molecule has 3 nitrogen and oxygen atoms in total. The molecule has 0 radical (unpaired) electrons. The van der Waals surface area contributed by atoms with Gasteiger partial charge in [0.25, 0.3) is 0 Å². The van der Waals surface area contributed by atoms with Crippen molar-refractivity contribution in [3.8, 4) is 0 Å². The first-order chi connectivity index (χ1) is 9.26. The fourth-order valence-corrected chi connectivity index (χ4v) is 3.42. The number of nitrogens with zero attached hydrogens (tertiary/aromatic N) is 2. The summed E-state index contributed by atoms with van der Waals surface area (Å²) < 4.78 is 2.15. The number of rotatable bonds is 3. The predicted octanol–water partition coefficient (Wildman–Crippen LogP) is 2.73. The van der Waals surface area contributed by atoms with Crippen molar-refractivity contribution < 1.29 is 0 Å². The van der Waals surface area contributed by atoms with Crippen LogP contribution < -0.4 is 5.32 Å². The molecule has 0 bridgehead atoms. The second-order valence-electron chi connectivity index (χ2n) is 4.82. The number of hydrogen-bond donors (Lipinski definition) is 1. The Bertz CT molecular complexity index is 628. The summed E-state index contributed by atoms with van der Waals surface area (Å²) >= 11 is 0.792. The predicted molar refractivity (Wildman–Crippen MR) is 80.2 cm³/mol. The van der Waals surface area contributed by atoms with E-state index in [0.717, 1.165) is 51.1 Å². The summed E-state index contributed by atoms with van der Waals surface area (Å²) in [5.41, 5.74) is 6.56. The molecule has 0 amide bonds. The monoisotopic (exact) mass is 443 g/mol. The Morgan fingerprint density at radius 2 is 2.32 bits per heavy atom. The minimum atomic E-state index is 0.792. The Kier molecular flexibility index (Phi) is 3.72. The number of fused-ring (bicyclic) bond motifs is 1. The maximum atomic E-state index is 4.42. The maximum absolute atomic E-state index is 4.42. The van der Waals surface area contributed by atoms with Crippen molar-refractivity contribution in [3.63, 3.8) is 0 Å². The molecule has 1 N–H and O–H groups in total. The third kappa shape index (κ3) is 2.75. The molecule has 0 saturated heterocycles. The van der Waals surface area contributed by atoms with Crippen molar-refractivity contribution in [2.45, 2.75) is 19.8 Å². The fourth-order valence-electron chi connectivity index (χ4n) is 2.57. The van der Waals surface area contributed by atoms with Crippen LogP contribution in [0.2, 0.25) is 0 Å². The van der Waals surface area contributed by atoms with E-state index in [0.29, 0.717) is 0 Å². The Morgan fingerprint density at radius 1 is 1.42 bits per heavy atom. The van der Waals surface area contributed by atoms with Crippen LogP contribution in [-0.4, -0.2) is 40.0 Å². The normalized spacial score (nSPS) is 15.7. The number of aromatic nitrogens is 2. The van der Waals surface area contributed by atoms with Gasteiger partial charge in [-0.25, -0.2) is 0 Å². The van der Waals surface area contributed by atoms with Crippen molar-refractivity contribution >= 4 is 43.4 Å². The first-order valence-corrected chi connectivity index (χ1v) is 8.64. The molecule has 4 heteroatoms. The van der Waals surface area contributed by atoms with Gasteiger partial charge in [-0.3, -0.25) is 0 Å². The molecule has 1 aliphatic rings. The molecule has 94 valence electrons. The molecule has 19 heavy (non-hydrogen) atoms. The van der Waals surface area contributed by atoms with Gasteiger partial charge >= 0.3 is 130 Å². The Labute approximate surface area is 129 Å². The zero-order valence-corrected chi connectivity index (χ0v) is 15.5. The number of benzene rings is 1. The van der Waals surface area contributed by atoms with E-state index in [1.165, 1.54) is 22.4 Å². The van der Waals surface area contributed by atoms with Gasteiger partial charge in [-0.1, -0.05) is 0 Å². The second kappa shape index (κ2) is 5.48. The number of anilines is 1. The van der Waals surface area contributed by atoms with Crippen LogP contribution in [0.15, 0.2) is 30.7 Å². The quantitative estimate of drug-likeness (QED) is 0.741. The van der Waals surface area contributed by atoms with Crippen LogP contribution in [0.3, 0.4) is 0 Å². The zero-order valence-electron chi connectivity index (χ0n) is 11.1. The van der Waals surface area contributed by atoms with Crippen molar-refractivity contribution in [1.82, 2.24) is 7.36 Å². The van der Waals surface area contributed by atoms with Crippen LogP contribution in [0.5, 0.6) is 0 Å². The summed E-state index contributed by atoms with van der Waals surface area (Å²) in [4.78, 5) is 4.42. The Morgan fingerprint density at radius 3 is 3.05 bits per heavy atom. The molecule has 3 rings (SSSR count). The first-order valence-electron chi connectivity index (χ1n) is 6.63. The van der Waals surface area contributed by atoms with Crippen LogP contribution in [0, 0.1) is 0 Å². The first kappa shape index (κ1) is 12.9. The summed E-state index contributed by atoms with van der Waals surface area (Å²) in [6.45, 7) is 3.09. The molecule has 0 unspecified atom stereocenters. The van der Waals surface area contributed by atoms with E-state index >= 15 is 0 Å². The van der Waals surface area contributed by atoms with E-state index in [1.54, 1.807) is 0 Å². The molecular weight excluding hydrogens is 427 g/mol. The average molecular weight is 443 g/mol. The average Bonchev–Trinajstić information content (AvgIpc) is 2.98. The van der Waals surface area contributed by atoms with Crippen LogP contribution in [-0.2, 0) is 6.42 Å².